The van der Waals surface area contributed by atoms with Crippen LogP contribution in [0.15, 0.2) is 176 Å². The highest BCUT2D eigenvalue weighted by molar-refractivity contribution is 7.26. The molecule has 3 aromatic heterocycles. The molecule has 0 saturated carbocycles. The molecule has 234 valence electrons. The van der Waals surface area contributed by atoms with Gasteiger partial charge in [-0.15, -0.1) is 11.3 Å². The predicted molar refractivity (Wildman–Crippen MR) is 211 cm³/mol. The summed E-state index contributed by atoms with van der Waals surface area (Å²) in [5.74, 6) is -0.0863. The van der Waals surface area contributed by atoms with Crippen LogP contribution in [0.4, 0.5) is 0 Å². The predicted octanol–water partition coefficient (Wildman–Crippen LogP) is 12.6. The quantitative estimate of drug-likeness (QED) is 0.183. The molecule has 0 amide bonds. The fourth-order valence-electron chi connectivity index (χ4n) is 6.60. The first-order valence-corrected chi connectivity index (χ1v) is 16.7. The maximum atomic E-state index is 9.50. The van der Waals surface area contributed by atoms with E-state index in [-0.39, 0.29) is 33.2 Å². The molecule has 7 aromatic carbocycles. The van der Waals surface area contributed by atoms with Crippen LogP contribution in [0, 0.1) is 0 Å². The molecule has 0 fully saturated rings. The lowest BCUT2D eigenvalue weighted by atomic mass is 10.00. The van der Waals surface area contributed by atoms with Crippen molar-refractivity contribution in [1.82, 2.24) is 14.5 Å². The number of rotatable bonds is 5. The molecule has 0 radical (unpaired) electrons. The molecule has 4 heteroatoms. The molecule has 0 atom stereocenters. The third kappa shape index (κ3) is 4.65. The van der Waals surface area contributed by atoms with Crippen LogP contribution in [0.5, 0.6) is 0 Å². The van der Waals surface area contributed by atoms with E-state index in [9.17, 15) is 5.48 Å². The summed E-state index contributed by atoms with van der Waals surface area (Å²) in [5, 5.41) is 1.77. The average Bonchev–Trinajstić information content (AvgIpc) is 3.85. The number of fused-ring (bicyclic) bond motifs is 6. The van der Waals surface area contributed by atoms with Crippen molar-refractivity contribution in [2.45, 2.75) is 0 Å². The molecule has 10 rings (SSSR count). The van der Waals surface area contributed by atoms with Crippen molar-refractivity contribution >= 4 is 53.3 Å². The standard InChI is InChI=1S/C46H29N3S/c1-3-14-30(15-4-1)31-16-11-17-32(28-31)39-29-40(36-23-12-22-35-34-20-8-10-27-43(34)50-45(35)36)48-46(47-39)38-24-13-26-42-44(38)37-21-7-9-25-41(37)49(42)33-18-5-2-6-19-33/h1-29H/i2D,5D,6D,7D,9D,13D,18D,19D,21D,24D,25D,26D. The number of hydrogen-bond donors (Lipinski definition) is 0. The van der Waals surface area contributed by atoms with E-state index in [0.717, 1.165) is 41.4 Å². The van der Waals surface area contributed by atoms with Crippen molar-refractivity contribution in [2.75, 3.05) is 0 Å². The molecular formula is C46H29N3S. The summed E-state index contributed by atoms with van der Waals surface area (Å²) in [6.45, 7) is 0. The van der Waals surface area contributed by atoms with Gasteiger partial charge in [0.05, 0.1) is 38.9 Å². The molecule has 0 spiro atoms. The second-order valence-corrected chi connectivity index (χ2v) is 12.7. The highest BCUT2D eigenvalue weighted by atomic mass is 32.1. The van der Waals surface area contributed by atoms with Crippen LogP contribution in [0.2, 0.25) is 0 Å². The lowest BCUT2D eigenvalue weighted by Gasteiger charge is -2.12. The van der Waals surface area contributed by atoms with E-state index in [1.165, 1.54) is 0 Å². The second kappa shape index (κ2) is 11.7. The lowest BCUT2D eigenvalue weighted by molar-refractivity contribution is 1.17. The lowest BCUT2D eigenvalue weighted by Crippen LogP contribution is -1.97. The third-order valence-electron chi connectivity index (χ3n) is 8.83. The van der Waals surface area contributed by atoms with E-state index in [0.29, 0.717) is 17.0 Å². The van der Waals surface area contributed by atoms with Gasteiger partial charge in [0.1, 0.15) is 0 Å². The molecule has 0 aliphatic heterocycles. The Hall–Kier alpha value is -6.36. The van der Waals surface area contributed by atoms with Crippen molar-refractivity contribution in [3.63, 3.8) is 0 Å². The van der Waals surface area contributed by atoms with Gasteiger partial charge in [0, 0.05) is 53.3 Å². The Bertz CT molecular complexity index is 3540. The highest BCUT2D eigenvalue weighted by Gasteiger charge is 2.20. The first-order valence-electron chi connectivity index (χ1n) is 21.9. The van der Waals surface area contributed by atoms with Crippen LogP contribution in [-0.2, 0) is 0 Å². The first kappa shape index (κ1) is 19.0. The van der Waals surface area contributed by atoms with Gasteiger partial charge >= 0.3 is 0 Å². The summed E-state index contributed by atoms with van der Waals surface area (Å²) in [6.07, 6.45) is 0. The van der Waals surface area contributed by atoms with Crippen molar-refractivity contribution in [3.05, 3.63) is 176 Å². The summed E-state index contributed by atoms with van der Waals surface area (Å²) in [5.41, 5.74) is 3.02. The monoisotopic (exact) mass is 667 g/mol. The van der Waals surface area contributed by atoms with Crippen molar-refractivity contribution in [2.24, 2.45) is 0 Å². The van der Waals surface area contributed by atoms with Gasteiger partial charge in [0.25, 0.3) is 0 Å². The summed E-state index contributed by atoms with van der Waals surface area (Å²) in [6, 6.07) is 25.7. The molecule has 0 aliphatic rings. The molecule has 3 nitrogen and oxygen atoms in total. The number of thiophene rings is 1. The van der Waals surface area contributed by atoms with E-state index in [1.54, 1.807) is 11.3 Å². The summed E-state index contributed by atoms with van der Waals surface area (Å²) in [4.78, 5) is 10.2. The van der Waals surface area contributed by atoms with Crippen LogP contribution in [-0.4, -0.2) is 14.5 Å². The normalized spacial score (nSPS) is 15.0. The molecule has 3 heterocycles. The SMILES string of the molecule is [2H]c1c([2H])c([2H])c(-n2c3c([2H])c([2H])c([2H])c([2H])c3c3c(-c4nc(-c5cccc(-c6ccccc6)c5)cc(-c5cccc6c5sc5ccccc56)n4)c([2H])c([2H])c([2H])c32)c([2H])c1[2H]. The molecule has 10 aromatic rings. The number of aromatic nitrogens is 3. The van der Waals surface area contributed by atoms with Crippen LogP contribution in [0.3, 0.4) is 0 Å². The fraction of sp³-hybridized carbons (Fsp3) is 0. The van der Waals surface area contributed by atoms with Crippen LogP contribution in [0.25, 0.3) is 92.7 Å². The first-order chi connectivity index (χ1) is 29.8. The molecule has 50 heavy (non-hydrogen) atoms. The van der Waals surface area contributed by atoms with Gasteiger partial charge in [-0.1, -0.05) is 133 Å². The van der Waals surface area contributed by atoms with E-state index in [2.05, 4.69) is 6.07 Å². The van der Waals surface area contributed by atoms with Gasteiger partial charge in [-0.2, -0.15) is 0 Å². The molecular weight excluding hydrogens is 627 g/mol. The van der Waals surface area contributed by atoms with Gasteiger partial charge in [0.2, 0.25) is 0 Å². The number of para-hydroxylation sites is 2. The molecule has 0 aliphatic carbocycles. The van der Waals surface area contributed by atoms with E-state index in [1.807, 2.05) is 97.1 Å². The number of benzene rings is 7. The Morgan fingerprint density at radius 1 is 0.500 bits per heavy atom. The Morgan fingerprint density at radius 3 is 2.14 bits per heavy atom. The van der Waals surface area contributed by atoms with Crippen molar-refractivity contribution in [3.8, 4) is 50.7 Å². The summed E-state index contributed by atoms with van der Waals surface area (Å²) < 4.78 is 110. The van der Waals surface area contributed by atoms with Gasteiger partial charge in [-0.05, 0) is 53.5 Å². The van der Waals surface area contributed by atoms with Gasteiger partial charge in [0.15, 0.2) is 5.82 Å². The van der Waals surface area contributed by atoms with Gasteiger partial charge < -0.3 is 4.57 Å². The molecule has 0 unspecified atom stereocenters. The molecule has 0 bridgehead atoms. The summed E-state index contributed by atoms with van der Waals surface area (Å²) in [7, 11) is 0. The fourth-order valence-corrected chi connectivity index (χ4v) is 7.83. The van der Waals surface area contributed by atoms with Gasteiger partial charge in [-0.25, -0.2) is 9.97 Å². The maximum absolute atomic E-state index is 9.50. The van der Waals surface area contributed by atoms with E-state index < -0.39 is 78.2 Å². The molecule has 0 saturated heterocycles. The third-order valence-corrected chi connectivity index (χ3v) is 10.0. The summed E-state index contributed by atoms with van der Waals surface area (Å²) >= 11 is 1.59. The molecule has 0 N–H and O–H groups in total. The average molecular weight is 668 g/mol. The minimum atomic E-state index is -0.708. The van der Waals surface area contributed by atoms with Crippen LogP contribution < -0.4 is 0 Å². The van der Waals surface area contributed by atoms with Crippen LogP contribution >= 0.6 is 11.3 Å². The van der Waals surface area contributed by atoms with Crippen LogP contribution in [0.1, 0.15) is 16.4 Å². The second-order valence-electron chi connectivity index (χ2n) is 11.7. The number of hydrogen-bond acceptors (Lipinski definition) is 3. The Morgan fingerprint density at radius 2 is 1.22 bits per heavy atom. The maximum Gasteiger partial charge on any atom is 0.161 e. The minimum absolute atomic E-state index is 0.0863. The Labute approximate surface area is 310 Å². The zero-order valence-corrected chi connectivity index (χ0v) is 26.9. The highest BCUT2D eigenvalue weighted by Crippen LogP contribution is 2.42. The minimum Gasteiger partial charge on any atom is -0.309 e. The Kier molecular flexibility index (Phi) is 4.43. The van der Waals surface area contributed by atoms with E-state index in [4.69, 9.17) is 20.9 Å². The van der Waals surface area contributed by atoms with Crippen molar-refractivity contribution < 1.29 is 16.4 Å². The smallest absolute Gasteiger partial charge is 0.161 e. The zero-order valence-electron chi connectivity index (χ0n) is 38.1. The Balaban J connectivity index is 1.38. The van der Waals surface area contributed by atoms with Crippen molar-refractivity contribution in [1.29, 1.82) is 0 Å². The van der Waals surface area contributed by atoms with Gasteiger partial charge in [-0.3, -0.25) is 0 Å². The van der Waals surface area contributed by atoms with E-state index >= 15 is 0 Å². The topological polar surface area (TPSA) is 30.7 Å². The largest absolute Gasteiger partial charge is 0.309 e. The zero-order chi connectivity index (χ0) is 43.5. The number of nitrogens with zero attached hydrogens (tertiary/aromatic N) is 3.